The molecule has 0 aliphatic carbocycles. The Morgan fingerprint density at radius 1 is 1.08 bits per heavy atom. The van der Waals surface area contributed by atoms with Gasteiger partial charge in [-0.2, -0.15) is 0 Å². The molecule has 6 nitrogen and oxygen atoms in total. The van der Waals surface area contributed by atoms with Gasteiger partial charge in [0.05, 0.1) is 17.5 Å². The van der Waals surface area contributed by atoms with Gasteiger partial charge in [0.25, 0.3) is 0 Å². The van der Waals surface area contributed by atoms with E-state index in [0.29, 0.717) is 32.9 Å². The lowest BCUT2D eigenvalue weighted by Crippen LogP contribution is -2.27. The Balaban J connectivity index is 1.73. The Bertz CT molecular complexity index is 1090. The lowest BCUT2D eigenvalue weighted by molar-refractivity contribution is 0.312. The first-order valence-electron chi connectivity index (χ1n) is 7.86. The minimum atomic E-state index is -0.403. The van der Waals surface area contributed by atoms with E-state index in [1.54, 1.807) is 18.2 Å². The van der Waals surface area contributed by atoms with Crippen molar-refractivity contribution in [1.29, 1.82) is 5.41 Å². The summed E-state index contributed by atoms with van der Waals surface area (Å²) in [5.74, 6) is -0.577. The number of halogens is 1. The summed E-state index contributed by atoms with van der Waals surface area (Å²) in [6.45, 7) is 0. The van der Waals surface area contributed by atoms with E-state index in [1.807, 2.05) is 18.2 Å². The van der Waals surface area contributed by atoms with Crippen LogP contribution in [0.15, 0.2) is 67.1 Å². The standard InChI is InChI=1S/C19H14FN5O/c20-16-7-6-13(10-15(16)12-4-2-1-3-5-12)25(26)18(21)14-8-9-22-19-17(14)23-11-24-19/h1-11,21,26H,(H,22,23,24). The van der Waals surface area contributed by atoms with E-state index < -0.39 is 5.82 Å². The van der Waals surface area contributed by atoms with Crippen LogP contribution in [0, 0.1) is 11.2 Å². The molecule has 2 aromatic heterocycles. The van der Waals surface area contributed by atoms with Crippen molar-refractivity contribution in [2.45, 2.75) is 0 Å². The highest BCUT2D eigenvalue weighted by Crippen LogP contribution is 2.28. The van der Waals surface area contributed by atoms with Crippen LogP contribution in [0.4, 0.5) is 10.1 Å². The maximum atomic E-state index is 14.2. The zero-order valence-electron chi connectivity index (χ0n) is 13.5. The Hall–Kier alpha value is -3.58. The van der Waals surface area contributed by atoms with Gasteiger partial charge in [0.15, 0.2) is 11.5 Å². The van der Waals surface area contributed by atoms with Crippen molar-refractivity contribution in [3.05, 3.63) is 78.5 Å². The zero-order valence-corrected chi connectivity index (χ0v) is 13.5. The van der Waals surface area contributed by atoms with E-state index in [0.717, 1.165) is 0 Å². The fourth-order valence-electron chi connectivity index (χ4n) is 2.77. The number of aromatic amines is 1. The number of hydroxylamine groups is 1. The van der Waals surface area contributed by atoms with Gasteiger partial charge in [0.2, 0.25) is 0 Å². The normalized spacial score (nSPS) is 10.8. The SMILES string of the molecule is N=C(c1ccnc2nc[nH]c12)N(O)c1ccc(F)c(-c2ccccc2)c1. The first-order chi connectivity index (χ1) is 12.6. The van der Waals surface area contributed by atoms with Gasteiger partial charge in [0, 0.05) is 17.3 Å². The molecule has 128 valence electrons. The third-order valence-electron chi connectivity index (χ3n) is 4.07. The van der Waals surface area contributed by atoms with Gasteiger partial charge in [-0.3, -0.25) is 10.6 Å². The number of hydrogen-bond acceptors (Lipinski definition) is 4. The molecule has 0 unspecified atom stereocenters. The minimum Gasteiger partial charge on any atom is -0.343 e. The number of imidazole rings is 1. The van der Waals surface area contributed by atoms with Crippen molar-refractivity contribution < 1.29 is 9.60 Å². The summed E-state index contributed by atoms with van der Waals surface area (Å²) in [5.41, 5.74) is 2.73. The first kappa shape index (κ1) is 15.9. The van der Waals surface area contributed by atoms with Gasteiger partial charge in [-0.15, -0.1) is 0 Å². The Morgan fingerprint density at radius 3 is 2.69 bits per heavy atom. The largest absolute Gasteiger partial charge is 0.343 e. The molecule has 0 saturated heterocycles. The summed E-state index contributed by atoms with van der Waals surface area (Å²) in [7, 11) is 0. The van der Waals surface area contributed by atoms with Gasteiger partial charge in [0.1, 0.15) is 5.82 Å². The quantitative estimate of drug-likeness (QED) is 0.297. The molecule has 0 aliphatic heterocycles. The van der Waals surface area contributed by atoms with E-state index >= 15 is 0 Å². The molecule has 0 bridgehead atoms. The van der Waals surface area contributed by atoms with Crippen LogP contribution in [-0.2, 0) is 0 Å². The van der Waals surface area contributed by atoms with Crippen molar-refractivity contribution in [2.24, 2.45) is 0 Å². The Kier molecular flexibility index (Phi) is 3.91. The monoisotopic (exact) mass is 347 g/mol. The summed E-state index contributed by atoms with van der Waals surface area (Å²) >= 11 is 0. The van der Waals surface area contributed by atoms with Crippen LogP contribution in [-0.4, -0.2) is 26.0 Å². The molecule has 0 saturated carbocycles. The maximum absolute atomic E-state index is 14.2. The first-order valence-corrected chi connectivity index (χ1v) is 7.86. The fraction of sp³-hybridized carbons (Fsp3) is 0. The molecule has 7 heteroatoms. The maximum Gasteiger partial charge on any atom is 0.178 e. The zero-order chi connectivity index (χ0) is 18.1. The topological polar surface area (TPSA) is 88.9 Å². The number of anilines is 1. The average molecular weight is 347 g/mol. The molecule has 0 atom stereocenters. The van der Waals surface area contributed by atoms with Crippen LogP contribution in [0.25, 0.3) is 22.3 Å². The molecule has 0 spiro atoms. The predicted molar refractivity (Wildman–Crippen MR) is 96.8 cm³/mol. The molecule has 4 rings (SSSR count). The molecular weight excluding hydrogens is 333 g/mol. The van der Waals surface area contributed by atoms with Gasteiger partial charge in [-0.1, -0.05) is 30.3 Å². The molecule has 0 radical (unpaired) electrons. The number of benzene rings is 2. The van der Waals surface area contributed by atoms with Crippen molar-refractivity contribution in [1.82, 2.24) is 15.0 Å². The number of pyridine rings is 1. The second-order valence-electron chi connectivity index (χ2n) is 5.65. The molecule has 2 aromatic carbocycles. The molecule has 26 heavy (non-hydrogen) atoms. The van der Waals surface area contributed by atoms with E-state index in [4.69, 9.17) is 5.41 Å². The van der Waals surface area contributed by atoms with Crippen molar-refractivity contribution in [2.75, 3.05) is 5.06 Å². The lowest BCUT2D eigenvalue weighted by Gasteiger charge is -2.19. The van der Waals surface area contributed by atoms with E-state index in [9.17, 15) is 9.60 Å². The second kappa shape index (κ2) is 6.38. The summed E-state index contributed by atoms with van der Waals surface area (Å²) in [4.78, 5) is 11.0. The Labute approximate surface area is 148 Å². The van der Waals surface area contributed by atoms with Crippen LogP contribution < -0.4 is 5.06 Å². The molecule has 3 N–H and O–H groups in total. The third-order valence-corrected chi connectivity index (χ3v) is 4.07. The Morgan fingerprint density at radius 2 is 1.88 bits per heavy atom. The van der Waals surface area contributed by atoms with Crippen LogP contribution in [0.5, 0.6) is 0 Å². The molecule has 0 amide bonds. The molecule has 0 fully saturated rings. The number of hydrogen-bond donors (Lipinski definition) is 3. The van der Waals surface area contributed by atoms with Crippen molar-refractivity contribution in [3.63, 3.8) is 0 Å². The molecular formula is C19H14FN5O. The summed E-state index contributed by atoms with van der Waals surface area (Å²) in [5, 5.41) is 19.6. The van der Waals surface area contributed by atoms with Crippen molar-refractivity contribution >= 4 is 22.7 Å². The van der Waals surface area contributed by atoms with E-state index in [-0.39, 0.29) is 11.5 Å². The van der Waals surface area contributed by atoms with Gasteiger partial charge < -0.3 is 4.98 Å². The van der Waals surface area contributed by atoms with E-state index in [2.05, 4.69) is 15.0 Å². The van der Waals surface area contributed by atoms with Gasteiger partial charge in [-0.25, -0.2) is 19.4 Å². The summed E-state index contributed by atoms with van der Waals surface area (Å²) < 4.78 is 14.2. The summed E-state index contributed by atoms with van der Waals surface area (Å²) in [6, 6.07) is 14.8. The molecule has 2 heterocycles. The van der Waals surface area contributed by atoms with Crippen LogP contribution in [0.1, 0.15) is 5.56 Å². The number of H-pyrrole nitrogens is 1. The number of nitrogens with zero attached hydrogens (tertiary/aromatic N) is 3. The van der Waals surface area contributed by atoms with Crippen LogP contribution >= 0.6 is 0 Å². The summed E-state index contributed by atoms with van der Waals surface area (Å²) in [6.07, 6.45) is 2.99. The number of amidine groups is 1. The van der Waals surface area contributed by atoms with E-state index in [1.165, 1.54) is 30.7 Å². The molecule has 0 aliphatic rings. The smallest absolute Gasteiger partial charge is 0.178 e. The number of aromatic nitrogens is 3. The second-order valence-corrected chi connectivity index (χ2v) is 5.65. The predicted octanol–water partition coefficient (Wildman–Crippen LogP) is 3.99. The number of fused-ring (bicyclic) bond motifs is 1. The van der Waals surface area contributed by atoms with Crippen LogP contribution in [0.2, 0.25) is 0 Å². The minimum absolute atomic E-state index is 0.174. The third kappa shape index (κ3) is 2.70. The highest BCUT2D eigenvalue weighted by molar-refractivity contribution is 6.12. The fourth-order valence-corrected chi connectivity index (χ4v) is 2.77. The van der Waals surface area contributed by atoms with Gasteiger partial charge >= 0.3 is 0 Å². The van der Waals surface area contributed by atoms with Crippen molar-refractivity contribution in [3.8, 4) is 11.1 Å². The number of rotatable bonds is 3. The van der Waals surface area contributed by atoms with Crippen LogP contribution in [0.3, 0.4) is 0 Å². The average Bonchev–Trinajstić information content (AvgIpc) is 3.17. The van der Waals surface area contributed by atoms with Gasteiger partial charge in [-0.05, 0) is 29.8 Å². The number of nitrogens with one attached hydrogen (secondary N) is 2. The lowest BCUT2D eigenvalue weighted by atomic mass is 10.0. The highest BCUT2D eigenvalue weighted by atomic mass is 19.1. The highest BCUT2D eigenvalue weighted by Gasteiger charge is 2.17. The molecule has 4 aromatic rings.